The van der Waals surface area contributed by atoms with Crippen molar-refractivity contribution in [3.63, 3.8) is 0 Å². The molecule has 0 bridgehead atoms. The molecule has 0 unspecified atom stereocenters. The van der Waals surface area contributed by atoms with Crippen molar-refractivity contribution in [2.24, 2.45) is 0 Å². The number of fused-ring (bicyclic) bond motifs is 1. The van der Waals surface area contributed by atoms with Gasteiger partial charge in [0.05, 0.1) is 30.4 Å². The number of ether oxygens (including phenoxy) is 1. The van der Waals surface area contributed by atoms with Gasteiger partial charge < -0.3 is 10.1 Å². The summed E-state index contributed by atoms with van der Waals surface area (Å²) < 4.78 is 6.57. The highest BCUT2D eigenvalue weighted by Crippen LogP contribution is 2.16. The van der Waals surface area contributed by atoms with E-state index in [1.807, 2.05) is 42.5 Å². The number of benzene rings is 2. The molecule has 8 heteroatoms. The predicted molar refractivity (Wildman–Crippen MR) is 115 cm³/mol. The number of nitrogens with one attached hydrogen (secondary N) is 2. The van der Waals surface area contributed by atoms with E-state index < -0.39 is 6.04 Å². The summed E-state index contributed by atoms with van der Waals surface area (Å²) in [6.07, 6.45) is 1.64. The third-order valence-electron chi connectivity index (χ3n) is 4.87. The number of aromatic nitrogens is 4. The highest BCUT2D eigenvalue weighted by Gasteiger charge is 2.15. The summed E-state index contributed by atoms with van der Waals surface area (Å²) in [5, 5.41) is 8.73. The number of H-pyrrole nitrogens is 1. The first-order chi connectivity index (χ1) is 14.5. The lowest BCUT2D eigenvalue weighted by Gasteiger charge is -2.15. The van der Waals surface area contributed by atoms with Crippen LogP contribution in [0.4, 0.5) is 5.95 Å². The molecule has 1 atom stereocenters. The zero-order chi connectivity index (χ0) is 21.1. The zero-order valence-electron chi connectivity index (χ0n) is 16.6. The molecule has 0 radical (unpaired) electrons. The summed E-state index contributed by atoms with van der Waals surface area (Å²) in [6, 6.07) is 15.7. The predicted octanol–water partition coefficient (Wildman–Crippen LogP) is 2.71. The first-order valence-electron chi connectivity index (χ1n) is 9.50. The van der Waals surface area contributed by atoms with E-state index in [1.54, 1.807) is 26.3 Å². The SMILES string of the molecule is COc1cccc(CNc2nc([C@H](C)n3ncc4ccccc4c3=O)cc(=O)[nH]2)c1. The van der Waals surface area contributed by atoms with Crippen LogP contribution in [0.1, 0.15) is 24.2 Å². The molecule has 30 heavy (non-hydrogen) atoms. The van der Waals surface area contributed by atoms with Gasteiger partial charge in [-0.1, -0.05) is 30.3 Å². The average molecular weight is 403 g/mol. The summed E-state index contributed by atoms with van der Waals surface area (Å²) >= 11 is 0. The van der Waals surface area contributed by atoms with E-state index in [9.17, 15) is 9.59 Å². The molecule has 2 N–H and O–H groups in total. The van der Waals surface area contributed by atoms with Gasteiger partial charge in [0, 0.05) is 18.0 Å². The summed E-state index contributed by atoms with van der Waals surface area (Å²) in [5.41, 5.74) is 0.877. The van der Waals surface area contributed by atoms with Gasteiger partial charge in [0.2, 0.25) is 5.95 Å². The lowest BCUT2D eigenvalue weighted by atomic mass is 10.2. The highest BCUT2D eigenvalue weighted by molar-refractivity contribution is 5.80. The minimum absolute atomic E-state index is 0.228. The van der Waals surface area contributed by atoms with Crippen LogP contribution < -0.4 is 21.2 Å². The number of nitrogens with zero attached hydrogens (tertiary/aromatic N) is 3. The Bertz CT molecular complexity index is 1310. The second-order valence-electron chi connectivity index (χ2n) is 6.88. The lowest BCUT2D eigenvalue weighted by Crippen LogP contribution is -2.28. The van der Waals surface area contributed by atoms with Gasteiger partial charge in [-0.05, 0) is 30.7 Å². The Morgan fingerprint density at radius 1 is 1.13 bits per heavy atom. The molecule has 2 heterocycles. The molecule has 4 aromatic rings. The van der Waals surface area contributed by atoms with Gasteiger partial charge in [-0.3, -0.25) is 14.6 Å². The van der Waals surface area contributed by atoms with Crippen molar-refractivity contribution in [1.82, 2.24) is 19.7 Å². The van der Waals surface area contributed by atoms with E-state index >= 15 is 0 Å². The van der Waals surface area contributed by atoms with Crippen molar-refractivity contribution in [2.45, 2.75) is 19.5 Å². The van der Waals surface area contributed by atoms with Crippen LogP contribution in [0.3, 0.4) is 0 Å². The van der Waals surface area contributed by atoms with Crippen LogP contribution in [0.25, 0.3) is 10.8 Å². The van der Waals surface area contributed by atoms with Gasteiger partial charge in [0.1, 0.15) is 5.75 Å². The molecule has 0 amide bonds. The second kappa shape index (κ2) is 8.20. The largest absolute Gasteiger partial charge is 0.497 e. The minimum Gasteiger partial charge on any atom is -0.497 e. The molecule has 0 saturated heterocycles. The van der Waals surface area contributed by atoms with Gasteiger partial charge in [-0.2, -0.15) is 5.10 Å². The van der Waals surface area contributed by atoms with E-state index in [2.05, 4.69) is 20.4 Å². The van der Waals surface area contributed by atoms with Gasteiger partial charge in [0.25, 0.3) is 11.1 Å². The van der Waals surface area contributed by atoms with Gasteiger partial charge in [0.15, 0.2) is 0 Å². The van der Waals surface area contributed by atoms with Crippen LogP contribution in [0.5, 0.6) is 5.75 Å². The Morgan fingerprint density at radius 3 is 2.80 bits per heavy atom. The summed E-state index contributed by atoms with van der Waals surface area (Å²) in [4.78, 5) is 32.2. The maximum absolute atomic E-state index is 12.8. The molecule has 0 aliphatic rings. The van der Waals surface area contributed by atoms with Crippen LogP contribution in [0.2, 0.25) is 0 Å². The van der Waals surface area contributed by atoms with Gasteiger partial charge >= 0.3 is 0 Å². The first kappa shape index (κ1) is 19.4. The summed E-state index contributed by atoms with van der Waals surface area (Å²) in [5.74, 6) is 1.07. The Morgan fingerprint density at radius 2 is 1.97 bits per heavy atom. The van der Waals surface area contributed by atoms with Crippen molar-refractivity contribution in [2.75, 3.05) is 12.4 Å². The molecular weight excluding hydrogens is 382 g/mol. The molecule has 2 aromatic heterocycles. The molecular formula is C22H21N5O3. The quantitative estimate of drug-likeness (QED) is 0.513. The number of anilines is 1. The Labute approximate surface area is 172 Å². The monoisotopic (exact) mass is 403 g/mol. The standard InChI is InChI=1S/C22H21N5O3/c1-14(27-21(29)18-9-4-3-7-16(18)13-24-27)19-11-20(28)26-22(25-19)23-12-15-6-5-8-17(10-15)30-2/h3-11,13-14H,12H2,1-2H3,(H2,23,25,26,28)/t14-/m0/s1. The maximum Gasteiger partial charge on any atom is 0.275 e. The fourth-order valence-electron chi connectivity index (χ4n) is 3.25. The molecule has 152 valence electrons. The minimum atomic E-state index is -0.512. The molecule has 4 rings (SSSR count). The number of hydrogen-bond donors (Lipinski definition) is 2. The number of aromatic amines is 1. The van der Waals surface area contributed by atoms with Crippen LogP contribution in [-0.4, -0.2) is 26.9 Å². The van der Waals surface area contributed by atoms with Crippen LogP contribution in [0.15, 0.2) is 70.4 Å². The van der Waals surface area contributed by atoms with E-state index in [-0.39, 0.29) is 11.1 Å². The van der Waals surface area contributed by atoms with Crippen molar-refractivity contribution < 1.29 is 4.74 Å². The number of hydrogen-bond acceptors (Lipinski definition) is 6. The molecule has 2 aromatic carbocycles. The number of rotatable bonds is 6. The molecule has 0 aliphatic carbocycles. The number of methoxy groups -OCH3 is 1. The summed E-state index contributed by atoms with van der Waals surface area (Å²) in [7, 11) is 1.61. The fourth-order valence-corrected chi connectivity index (χ4v) is 3.25. The Hall–Kier alpha value is -3.94. The molecule has 0 fully saturated rings. The highest BCUT2D eigenvalue weighted by atomic mass is 16.5. The smallest absolute Gasteiger partial charge is 0.275 e. The van der Waals surface area contributed by atoms with Gasteiger partial charge in [-0.25, -0.2) is 9.67 Å². The fraction of sp³-hybridized carbons (Fsp3) is 0.182. The molecule has 0 spiro atoms. The van der Waals surface area contributed by atoms with Crippen LogP contribution in [0, 0.1) is 0 Å². The average Bonchev–Trinajstić information content (AvgIpc) is 2.77. The second-order valence-corrected chi connectivity index (χ2v) is 6.88. The molecule has 0 saturated carbocycles. The Balaban J connectivity index is 1.62. The Kier molecular flexibility index (Phi) is 5.30. The van der Waals surface area contributed by atoms with E-state index in [0.717, 1.165) is 16.7 Å². The molecule has 8 nitrogen and oxygen atoms in total. The normalized spacial score (nSPS) is 11.9. The van der Waals surface area contributed by atoms with Crippen LogP contribution >= 0.6 is 0 Å². The molecule has 0 aliphatic heterocycles. The van der Waals surface area contributed by atoms with Crippen molar-refractivity contribution in [3.8, 4) is 5.75 Å². The topological polar surface area (TPSA) is 102 Å². The summed E-state index contributed by atoms with van der Waals surface area (Å²) in [6.45, 7) is 2.24. The first-order valence-corrected chi connectivity index (χ1v) is 9.50. The van der Waals surface area contributed by atoms with E-state index in [0.29, 0.717) is 23.6 Å². The van der Waals surface area contributed by atoms with Crippen molar-refractivity contribution in [1.29, 1.82) is 0 Å². The van der Waals surface area contributed by atoms with Crippen molar-refractivity contribution in [3.05, 3.63) is 92.8 Å². The third-order valence-corrected chi connectivity index (χ3v) is 4.87. The van der Waals surface area contributed by atoms with Crippen LogP contribution in [-0.2, 0) is 6.54 Å². The maximum atomic E-state index is 12.8. The van der Waals surface area contributed by atoms with E-state index in [1.165, 1.54) is 10.7 Å². The lowest BCUT2D eigenvalue weighted by molar-refractivity contribution is 0.414. The third kappa shape index (κ3) is 3.93. The van der Waals surface area contributed by atoms with Gasteiger partial charge in [-0.15, -0.1) is 0 Å². The van der Waals surface area contributed by atoms with E-state index in [4.69, 9.17) is 4.74 Å². The zero-order valence-corrected chi connectivity index (χ0v) is 16.6. The van der Waals surface area contributed by atoms with Crippen molar-refractivity contribution >= 4 is 16.7 Å².